The molecule has 0 fully saturated rings. The van der Waals surface area contributed by atoms with Gasteiger partial charge in [-0.3, -0.25) is 9.59 Å². The molecule has 3 aromatic carbocycles. The van der Waals surface area contributed by atoms with Crippen LogP contribution in [0.3, 0.4) is 0 Å². The zero-order valence-corrected chi connectivity index (χ0v) is 17.0. The number of para-hydroxylation sites is 3. The lowest BCUT2D eigenvalue weighted by Gasteiger charge is -2.11. The Morgan fingerprint density at radius 3 is 2.20 bits per heavy atom. The molecule has 0 radical (unpaired) electrons. The average Bonchev–Trinajstić information content (AvgIpc) is 2.78. The van der Waals surface area contributed by atoms with E-state index in [0.29, 0.717) is 22.7 Å². The second-order valence-corrected chi connectivity index (χ2v) is 6.53. The Kier molecular flexibility index (Phi) is 7.05. The Hall–Kier alpha value is -3.80. The zero-order chi connectivity index (χ0) is 21.3. The van der Waals surface area contributed by atoms with E-state index in [0.717, 1.165) is 17.7 Å². The summed E-state index contributed by atoms with van der Waals surface area (Å²) in [6, 6.07) is 21.5. The van der Waals surface area contributed by atoms with Crippen molar-refractivity contribution in [1.82, 2.24) is 0 Å². The van der Waals surface area contributed by atoms with Gasteiger partial charge >= 0.3 is 0 Å². The maximum Gasteiger partial charge on any atom is 0.262 e. The number of carbonyl (C=O) groups excluding carboxylic acids is 2. The van der Waals surface area contributed by atoms with Crippen LogP contribution in [0.25, 0.3) is 0 Å². The van der Waals surface area contributed by atoms with Gasteiger partial charge in [-0.15, -0.1) is 0 Å². The number of rotatable bonds is 8. The smallest absolute Gasteiger partial charge is 0.262 e. The molecule has 0 aliphatic heterocycles. The standard InChI is InChI=1S/C24H24N2O4/c1-3-17-8-4-5-9-20(17)26-24(28)18-12-14-19(15-13-18)30-16-23(27)25-21-10-6-7-11-22(21)29-2/h4-15H,3,16H2,1-2H3,(H,25,27)(H,26,28). The van der Waals surface area contributed by atoms with Gasteiger partial charge in [0.2, 0.25) is 0 Å². The van der Waals surface area contributed by atoms with E-state index in [1.165, 1.54) is 0 Å². The molecule has 0 aliphatic carbocycles. The Labute approximate surface area is 175 Å². The summed E-state index contributed by atoms with van der Waals surface area (Å²) in [5, 5.41) is 5.68. The van der Waals surface area contributed by atoms with Crippen LogP contribution in [-0.2, 0) is 11.2 Å². The van der Waals surface area contributed by atoms with Crippen LogP contribution in [0.2, 0.25) is 0 Å². The van der Waals surface area contributed by atoms with Crippen LogP contribution < -0.4 is 20.1 Å². The minimum absolute atomic E-state index is 0.159. The highest BCUT2D eigenvalue weighted by atomic mass is 16.5. The summed E-state index contributed by atoms with van der Waals surface area (Å²) in [4.78, 5) is 24.6. The molecule has 0 spiro atoms. The van der Waals surface area contributed by atoms with Crippen LogP contribution in [-0.4, -0.2) is 25.5 Å². The molecule has 0 saturated heterocycles. The van der Waals surface area contributed by atoms with Gasteiger partial charge in [0.25, 0.3) is 11.8 Å². The van der Waals surface area contributed by atoms with E-state index in [1.807, 2.05) is 43.3 Å². The molecule has 0 heterocycles. The van der Waals surface area contributed by atoms with E-state index in [4.69, 9.17) is 9.47 Å². The fourth-order valence-electron chi connectivity index (χ4n) is 2.93. The third-order valence-electron chi connectivity index (χ3n) is 4.51. The van der Waals surface area contributed by atoms with Crippen LogP contribution in [0.1, 0.15) is 22.8 Å². The molecule has 0 aromatic heterocycles. The SMILES string of the molecule is CCc1ccccc1NC(=O)c1ccc(OCC(=O)Nc2ccccc2OC)cc1. The van der Waals surface area contributed by atoms with E-state index >= 15 is 0 Å². The molecule has 2 amide bonds. The number of carbonyl (C=O) groups is 2. The van der Waals surface area contributed by atoms with E-state index in [1.54, 1.807) is 43.5 Å². The van der Waals surface area contributed by atoms with Crippen molar-refractivity contribution in [1.29, 1.82) is 0 Å². The molecule has 3 rings (SSSR count). The molecule has 0 saturated carbocycles. The number of ether oxygens (including phenoxy) is 2. The number of hydrogen-bond acceptors (Lipinski definition) is 4. The molecule has 0 aliphatic rings. The van der Waals surface area contributed by atoms with Gasteiger partial charge in [0.05, 0.1) is 12.8 Å². The fraction of sp³-hybridized carbons (Fsp3) is 0.167. The van der Waals surface area contributed by atoms with E-state index in [2.05, 4.69) is 10.6 Å². The highest BCUT2D eigenvalue weighted by Crippen LogP contribution is 2.23. The minimum Gasteiger partial charge on any atom is -0.495 e. The molecule has 0 atom stereocenters. The van der Waals surface area contributed by atoms with Gasteiger partial charge in [0.1, 0.15) is 11.5 Å². The van der Waals surface area contributed by atoms with Crippen molar-refractivity contribution in [3.63, 3.8) is 0 Å². The first kappa shape index (κ1) is 20.9. The Morgan fingerprint density at radius 2 is 1.50 bits per heavy atom. The number of anilines is 2. The fourth-order valence-corrected chi connectivity index (χ4v) is 2.93. The topological polar surface area (TPSA) is 76.7 Å². The largest absolute Gasteiger partial charge is 0.495 e. The van der Waals surface area contributed by atoms with E-state index in [-0.39, 0.29) is 18.4 Å². The number of methoxy groups -OCH3 is 1. The highest BCUT2D eigenvalue weighted by molar-refractivity contribution is 6.04. The number of aryl methyl sites for hydroxylation is 1. The number of hydrogen-bond donors (Lipinski definition) is 2. The van der Waals surface area contributed by atoms with Crippen molar-refractivity contribution in [3.05, 3.63) is 83.9 Å². The normalized spacial score (nSPS) is 10.2. The highest BCUT2D eigenvalue weighted by Gasteiger charge is 2.10. The van der Waals surface area contributed by atoms with Gasteiger partial charge in [-0.05, 0) is 54.4 Å². The predicted molar refractivity (Wildman–Crippen MR) is 117 cm³/mol. The first-order chi connectivity index (χ1) is 14.6. The molecule has 154 valence electrons. The van der Waals surface area contributed by atoms with Crippen molar-refractivity contribution >= 4 is 23.2 Å². The summed E-state index contributed by atoms with van der Waals surface area (Å²) in [5.74, 6) is 0.565. The summed E-state index contributed by atoms with van der Waals surface area (Å²) in [7, 11) is 1.54. The molecular formula is C24H24N2O4. The molecule has 6 nitrogen and oxygen atoms in total. The van der Waals surface area contributed by atoms with Crippen molar-refractivity contribution < 1.29 is 19.1 Å². The Balaban J connectivity index is 1.55. The van der Waals surface area contributed by atoms with Crippen molar-refractivity contribution in [2.24, 2.45) is 0 Å². The summed E-state index contributed by atoms with van der Waals surface area (Å²) in [6.07, 6.45) is 0.833. The first-order valence-corrected chi connectivity index (χ1v) is 9.65. The summed E-state index contributed by atoms with van der Waals surface area (Å²) in [5.41, 5.74) is 2.96. The number of benzene rings is 3. The molecule has 0 unspecified atom stereocenters. The third kappa shape index (κ3) is 5.38. The van der Waals surface area contributed by atoms with Crippen molar-refractivity contribution in [2.45, 2.75) is 13.3 Å². The molecule has 6 heteroatoms. The average molecular weight is 404 g/mol. The Morgan fingerprint density at radius 1 is 0.833 bits per heavy atom. The number of amides is 2. The number of nitrogens with one attached hydrogen (secondary N) is 2. The third-order valence-corrected chi connectivity index (χ3v) is 4.51. The lowest BCUT2D eigenvalue weighted by molar-refractivity contribution is -0.118. The van der Waals surface area contributed by atoms with Crippen molar-refractivity contribution in [3.8, 4) is 11.5 Å². The maximum atomic E-state index is 12.5. The van der Waals surface area contributed by atoms with Gasteiger partial charge in [-0.25, -0.2) is 0 Å². The van der Waals surface area contributed by atoms with Crippen LogP contribution in [0.5, 0.6) is 11.5 Å². The molecular weight excluding hydrogens is 380 g/mol. The second kappa shape index (κ2) is 10.1. The van der Waals surface area contributed by atoms with E-state index in [9.17, 15) is 9.59 Å². The summed E-state index contributed by atoms with van der Waals surface area (Å²) in [6.45, 7) is 1.88. The molecule has 30 heavy (non-hydrogen) atoms. The first-order valence-electron chi connectivity index (χ1n) is 9.65. The van der Waals surface area contributed by atoms with Gasteiger partial charge in [0.15, 0.2) is 6.61 Å². The quantitative estimate of drug-likeness (QED) is 0.578. The van der Waals surface area contributed by atoms with Crippen LogP contribution in [0.15, 0.2) is 72.8 Å². The molecule has 3 aromatic rings. The van der Waals surface area contributed by atoms with Gasteiger partial charge in [-0.2, -0.15) is 0 Å². The summed E-state index contributed by atoms with van der Waals surface area (Å²) >= 11 is 0. The maximum absolute atomic E-state index is 12.5. The second-order valence-electron chi connectivity index (χ2n) is 6.53. The molecule has 2 N–H and O–H groups in total. The van der Waals surface area contributed by atoms with Crippen LogP contribution >= 0.6 is 0 Å². The van der Waals surface area contributed by atoms with Crippen LogP contribution in [0.4, 0.5) is 11.4 Å². The lowest BCUT2D eigenvalue weighted by Crippen LogP contribution is -2.20. The molecule has 0 bridgehead atoms. The summed E-state index contributed by atoms with van der Waals surface area (Å²) < 4.78 is 10.7. The van der Waals surface area contributed by atoms with Crippen LogP contribution in [0, 0.1) is 0 Å². The monoisotopic (exact) mass is 404 g/mol. The van der Waals surface area contributed by atoms with Crippen molar-refractivity contribution in [2.75, 3.05) is 24.4 Å². The van der Waals surface area contributed by atoms with Gasteiger partial charge in [0, 0.05) is 11.3 Å². The van der Waals surface area contributed by atoms with Gasteiger partial charge < -0.3 is 20.1 Å². The zero-order valence-electron chi connectivity index (χ0n) is 17.0. The minimum atomic E-state index is -0.308. The van der Waals surface area contributed by atoms with Gasteiger partial charge in [-0.1, -0.05) is 37.3 Å². The Bertz CT molecular complexity index is 1020. The van der Waals surface area contributed by atoms with E-state index < -0.39 is 0 Å². The predicted octanol–water partition coefficient (Wildman–Crippen LogP) is 4.53. The lowest BCUT2D eigenvalue weighted by atomic mass is 10.1.